The highest BCUT2D eigenvalue weighted by atomic mass is 19.1. The largest absolute Gasteiger partial charge is 0.383 e. The van der Waals surface area contributed by atoms with Crippen molar-refractivity contribution in [1.29, 1.82) is 0 Å². The molecule has 0 aliphatic carbocycles. The van der Waals surface area contributed by atoms with Crippen molar-refractivity contribution in [2.45, 2.75) is 53.0 Å². The van der Waals surface area contributed by atoms with Crippen molar-refractivity contribution in [2.75, 3.05) is 26.8 Å². The molecule has 7 heteroatoms. The normalized spacial score (nSPS) is 16.0. The number of methoxy groups -OCH3 is 1. The predicted octanol–water partition coefficient (Wildman–Crippen LogP) is 4.86. The van der Waals surface area contributed by atoms with E-state index in [1.807, 2.05) is 37.6 Å². The quantitative estimate of drug-likeness (QED) is 0.207. The lowest BCUT2D eigenvalue weighted by molar-refractivity contribution is 0.0935. The number of ketones is 1. The molecule has 6 nitrogen and oxygen atoms in total. The maximum atomic E-state index is 13.7. The number of benzene rings is 2. The summed E-state index contributed by atoms with van der Waals surface area (Å²) in [5.74, 6) is -0.116. The molecular formula is C34H42FN3O3. The number of amides is 1. The summed E-state index contributed by atoms with van der Waals surface area (Å²) in [5.41, 5.74) is 4.10. The van der Waals surface area contributed by atoms with Gasteiger partial charge >= 0.3 is 0 Å². The highest BCUT2D eigenvalue weighted by Crippen LogP contribution is 2.23. The summed E-state index contributed by atoms with van der Waals surface area (Å²) < 4.78 is 20.6. The summed E-state index contributed by atoms with van der Waals surface area (Å²) in [5, 5.41) is 5.89. The first kappa shape index (κ1) is 30.3. The minimum absolute atomic E-state index is 0.0258. The van der Waals surface area contributed by atoms with E-state index in [9.17, 15) is 14.0 Å². The van der Waals surface area contributed by atoms with E-state index in [1.165, 1.54) is 12.1 Å². The van der Waals surface area contributed by atoms with Gasteiger partial charge in [0.05, 0.1) is 12.3 Å². The molecular weight excluding hydrogens is 517 g/mol. The second-order valence-electron chi connectivity index (χ2n) is 11.2. The van der Waals surface area contributed by atoms with Gasteiger partial charge in [0.1, 0.15) is 5.82 Å². The van der Waals surface area contributed by atoms with Gasteiger partial charge in [-0.2, -0.15) is 0 Å². The highest BCUT2D eigenvalue weighted by molar-refractivity contribution is 6.01. The van der Waals surface area contributed by atoms with E-state index in [2.05, 4.69) is 42.4 Å². The number of allylic oxidation sites excluding steroid dienone is 1. The topological polar surface area (TPSA) is 63.6 Å². The Hall–Kier alpha value is -3.71. The van der Waals surface area contributed by atoms with Crippen LogP contribution in [0, 0.1) is 18.7 Å². The molecule has 0 saturated carbocycles. The van der Waals surface area contributed by atoms with Crippen molar-refractivity contribution >= 4 is 34.9 Å². The molecule has 3 aromatic rings. The van der Waals surface area contributed by atoms with Crippen LogP contribution in [0.5, 0.6) is 0 Å². The number of hydrogen-bond acceptors (Lipinski definition) is 4. The number of carbonyl (C=O) groups excluding carboxylic acids is 2. The predicted molar refractivity (Wildman–Crippen MR) is 164 cm³/mol. The van der Waals surface area contributed by atoms with Gasteiger partial charge in [0.15, 0.2) is 5.78 Å². The van der Waals surface area contributed by atoms with Crippen LogP contribution in [0.25, 0.3) is 23.2 Å². The molecule has 0 bridgehead atoms. The lowest BCUT2D eigenvalue weighted by atomic mass is 9.98. The van der Waals surface area contributed by atoms with Crippen molar-refractivity contribution in [2.24, 2.45) is 13.0 Å². The summed E-state index contributed by atoms with van der Waals surface area (Å²) in [6.45, 7) is 10.2. The fourth-order valence-electron chi connectivity index (χ4n) is 5.63. The number of halogens is 1. The summed E-state index contributed by atoms with van der Waals surface area (Å²) in [6, 6.07) is 10.6. The molecule has 218 valence electrons. The molecule has 0 spiro atoms. The summed E-state index contributed by atoms with van der Waals surface area (Å²) in [6.07, 6.45) is 8.85. The van der Waals surface area contributed by atoms with E-state index in [1.54, 1.807) is 19.2 Å². The number of hydrogen-bond donors (Lipinski definition) is 1. The Morgan fingerprint density at radius 2 is 2.00 bits per heavy atom. The van der Waals surface area contributed by atoms with Gasteiger partial charge in [0.2, 0.25) is 0 Å². The number of aryl methyl sites for hydroxylation is 1. The Bertz CT molecular complexity index is 1590. The van der Waals surface area contributed by atoms with Crippen molar-refractivity contribution in [1.82, 2.24) is 14.8 Å². The molecule has 2 aromatic carbocycles. The highest BCUT2D eigenvalue weighted by Gasteiger charge is 2.19. The summed E-state index contributed by atoms with van der Waals surface area (Å²) >= 11 is 0. The number of nitrogens with zero attached hydrogens (tertiary/aromatic N) is 2. The number of rotatable bonds is 11. The molecule has 1 aromatic heterocycles. The van der Waals surface area contributed by atoms with E-state index in [0.29, 0.717) is 36.9 Å². The average Bonchev–Trinajstić information content (AvgIpc) is 3.17. The molecule has 1 N–H and O–H groups in total. The van der Waals surface area contributed by atoms with Gasteiger partial charge in [0.25, 0.3) is 5.91 Å². The fourth-order valence-corrected chi connectivity index (χ4v) is 5.63. The Labute approximate surface area is 242 Å². The minimum atomic E-state index is -0.305. The first-order chi connectivity index (χ1) is 19.6. The van der Waals surface area contributed by atoms with Gasteiger partial charge < -0.3 is 19.5 Å². The molecule has 2 unspecified atom stereocenters. The molecule has 41 heavy (non-hydrogen) atoms. The number of nitrogens with one attached hydrogen (secondary N) is 1. The standard InChI is InChI=1S/C34H42FN3O3/c1-7-25(16-22(2)17-33(39)32-19-27-18-28(35)11-13-31(27)37(32)5)20-38-21-30-24(4)29(34(40)36-14-15-41-6)12-10-26(30)9-8-23(38)3/h9-13,16,18-19,21,23,25H,7-8,14-15,17,20H2,1-6H3,(H,36,40)/b22-16+. The van der Waals surface area contributed by atoms with Gasteiger partial charge in [-0.1, -0.05) is 30.7 Å². The van der Waals surface area contributed by atoms with E-state index in [4.69, 9.17) is 4.74 Å². The number of ether oxygens (including phenoxy) is 1. The van der Waals surface area contributed by atoms with Crippen LogP contribution in [0.2, 0.25) is 0 Å². The number of aromatic nitrogens is 1. The second kappa shape index (κ2) is 13.3. The van der Waals surface area contributed by atoms with Crippen molar-refractivity contribution < 1.29 is 18.7 Å². The van der Waals surface area contributed by atoms with Crippen molar-refractivity contribution in [3.63, 3.8) is 0 Å². The van der Waals surface area contributed by atoms with Crippen LogP contribution in [-0.2, 0) is 11.8 Å². The summed E-state index contributed by atoms with van der Waals surface area (Å²) in [4.78, 5) is 28.4. The fraction of sp³-hybridized carbons (Fsp3) is 0.412. The molecule has 0 saturated heterocycles. The number of fused-ring (bicyclic) bond motifs is 2. The van der Waals surface area contributed by atoms with Crippen LogP contribution in [0.4, 0.5) is 4.39 Å². The molecule has 1 amide bonds. The van der Waals surface area contributed by atoms with Crippen LogP contribution < -0.4 is 15.8 Å². The molecule has 2 heterocycles. The molecule has 0 radical (unpaired) electrons. The van der Waals surface area contributed by atoms with Crippen LogP contribution in [0.15, 0.2) is 48.0 Å². The third-order valence-electron chi connectivity index (χ3n) is 8.14. The van der Waals surface area contributed by atoms with E-state index in [0.717, 1.165) is 51.9 Å². The van der Waals surface area contributed by atoms with Gasteiger partial charge in [0, 0.05) is 67.6 Å². The SMILES string of the molecule is CCC(/C=C(\C)CC(=O)c1cc2cc(F)ccc2n1C)CN1C=c2c(C)c(C(=O)NCCOC)ccc2=CCC1C. The average molecular weight is 560 g/mol. The Morgan fingerprint density at radius 1 is 1.22 bits per heavy atom. The van der Waals surface area contributed by atoms with E-state index < -0.39 is 0 Å². The third kappa shape index (κ3) is 6.96. The van der Waals surface area contributed by atoms with Crippen LogP contribution >= 0.6 is 0 Å². The zero-order chi connectivity index (χ0) is 29.7. The van der Waals surface area contributed by atoms with Gasteiger partial charge in [-0.05, 0) is 80.6 Å². The van der Waals surface area contributed by atoms with Crippen LogP contribution in [0.1, 0.15) is 66.4 Å². The first-order valence-corrected chi connectivity index (χ1v) is 14.4. The van der Waals surface area contributed by atoms with Gasteiger partial charge in [-0.25, -0.2) is 4.39 Å². The molecule has 1 aliphatic rings. The number of carbonyl (C=O) groups is 2. The van der Waals surface area contributed by atoms with Crippen molar-refractivity contribution in [3.8, 4) is 0 Å². The smallest absolute Gasteiger partial charge is 0.251 e. The van der Waals surface area contributed by atoms with Crippen LogP contribution in [0.3, 0.4) is 0 Å². The molecule has 0 fully saturated rings. The number of Topliss-reactive ketones (excluding diaryl/α,β-unsaturated/α-hetero) is 1. The molecule has 1 aliphatic heterocycles. The maximum Gasteiger partial charge on any atom is 0.251 e. The van der Waals surface area contributed by atoms with Gasteiger partial charge in [-0.3, -0.25) is 9.59 Å². The third-order valence-corrected chi connectivity index (χ3v) is 8.14. The molecule has 2 atom stereocenters. The maximum absolute atomic E-state index is 13.7. The van der Waals surface area contributed by atoms with E-state index >= 15 is 0 Å². The lowest BCUT2D eigenvalue weighted by Crippen LogP contribution is -2.36. The molecule has 4 rings (SSSR count). The Balaban J connectivity index is 1.53. The lowest BCUT2D eigenvalue weighted by Gasteiger charge is -2.30. The zero-order valence-electron chi connectivity index (χ0n) is 25.1. The van der Waals surface area contributed by atoms with E-state index in [-0.39, 0.29) is 23.4 Å². The zero-order valence-corrected chi connectivity index (χ0v) is 25.1. The monoisotopic (exact) mass is 559 g/mol. The minimum Gasteiger partial charge on any atom is -0.383 e. The van der Waals surface area contributed by atoms with Gasteiger partial charge in [-0.15, -0.1) is 0 Å². The second-order valence-corrected chi connectivity index (χ2v) is 11.2. The first-order valence-electron chi connectivity index (χ1n) is 14.4. The van der Waals surface area contributed by atoms with Crippen LogP contribution in [-0.4, -0.2) is 54.0 Å². The Kier molecular flexibility index (Phi) is 9.81. The van der Waals surface area contributed by atoms with Crippen molar-refractivity contribution in [3.05, 3.63) is 81.1 Å². The summed E-state index contributed by atoms with van der Waals surface area (Å²) in [7, 11) is 3.47. The Morgan fingerprint density at radius 3 is 2.73 bits per heavy atom.